The number of aliphatic hydroxyl groups excluding tert-OH is 1. The highest BCUT2D eigenvalue weighted by Gasteiger charge is 2.39. The molecule has 3 atom stereocenters. The quantitative estimate of drug-likeness (QED) is 0.807. The number of aliphatic hydroxyl groups is 1. The molecular weight excluding hydrogens is 214 g/mol. The van der Waals surface area contributed by atoms with Gasteiger partial charge in [0, 0.05) is 5.92 Å². The molecule has 3 heteroatoms. The SMILES string of the molecule is CC1CC1C(=O)N[C@H](CO)Cc1ccccc1. The molecule has 0 radical (unpaired) electrons. The average molecular weight is 233 g/mol. The van der Waals surface area contributed by atoms with Crippen molar-refractivity contribution in [3.05, 3.63) is 35.9 Å². The van der Waals surface area contributed by atoms with Crippen LogP contribution in [-0.2, 0) is 11.2 Å². The van der Waals surface area contributed by atoms with Gasteiger partial charge in [-0.25, -0.2) is 0 Å². The summed E-state index contributed by atoms with van der Waals surface area (Å²) in [5.41, 5.74) is 1.13. The van der Waals surface area contributed by atoms with E-state index in [0.717, 1.165) is 12.0 Å². The number of rotatable bonds is 5. The van der Waals surface area contributed by atoms with Gasteiger partial charge in [-0.15, -0.1) is 0 Å². The van der Waals surface area contributed by atoms with E-state index in [4.69, 9.17) is 0 Å². The summed E-state index contributed by atoms with van der Waals surface area (Å²) in [6.45, 7) is 2.07. The van der Waals surface area contributed by atoms with Crippen molar-refractivity contribution in [3.8, 4) is 0 Å². The monoisotopic (exact) mass is 233 g/mol. The van der Waals surface area contributed by atoms with E-state index in [0.29, 0.717) is 12.3 Å². The molecular formula is C14H19NO2. The van der Waals surface area contributed by atoms with E-state index < -0.39 is 0 Å². The van der Waals surface area contributed by atoms with Gasteiger partial charge >= 0.3 is 0 Å². The molecule has 1 amide bonds. The Bertz CT molecular complexity index is 377. The van der Waals surface area contributed by atoms with Gasteiger partial charge in [-0.3, -0.25) is 4.79 Å². The minimum atomic E-state index is -0.169. The van der Waals surface area contributed by atoms with Gasteiger partial charge in [0.05, 0.1) is 12.6 Å². The van der Waals surface area contributed by atoms with E-state index in [1.807, 2.05) is 30.3 Å². The molecule has 0 heterocycles. The minimum Gasteiger partial charge on any atom is -0.394 e. The van der Waals surface area contributed by atoms with Gasteiger partial charge in [0.2, 0.25) is 5.91 Å². The number of carbonyl (C=O) groups is 1. The summed E-state index contributed by atoms with van der Waals surface area (Å²) in [7, 11) is 0. The molecule has 2 N–H and O–H groups in total. The third kappa shape index (κ3) is 3.30. The predicted molar refractivity (Wildman–Crippen MR) is 66.4 cm³/mol. The van der Waals surface area contributed by atoms with Crippen molar-refractivity contribution in [3.63, 3.8) is 0 Å². The second-order valence-electron chi connectivity index (χ2n) is 4.90. The largest absolute Gasteiger partial charge is 0.394 e. The van der Waals surface area contributed by atoms with Gasteiger partial charge in [-0.2, -0.15) is 0 Å². The van der Waals surface area contributed by atoms with Crippen molar-refractivity contribution in [2.45, 2.75) is 25.8 Å². The fourth-order valence-electron chi connectivity index (χ4n) is 2.06. The first-order chi connectivity index (χ1) is 8.20. The maximum absolute atomic E-state index is 11.8. The summed E-state index contributed by atoms with van der Waals surface area (Å²) in [5.74, 6) is 0.762. The topological polar surface area (TPSA) is 49.3 Å². The molecule has 0 bridgehead atoms. The first-order valence-corrected chi connectivity index (χ1v) is 6.16. The van der Waals surface area contributed by atoms with Crippen LogP contribution < -0.4 is 5.32 Å². The van der Waals surface area contributed by atoms with Crippen LogP contribution in [0.1, 0.15) is 18.9 Å². The van der Waals surface area contributed by atoms with Crippen LogP contribution in [-0.4, -0.2) is 23.7 Å². The number of benzene rings is 1. The van der Waals surface area contributed by atoms with Crippen molar-refractivity contribution in [2.75, 3.05) is 6.61 Å². The molecule has 2 unspecified atom stereocenters. The van der Waals surface area contributed by atoms with Crippen molar-refractivity contribution in [1.82, 2.24) is 5.32 Å². The molecule has 0 spiro atoms. The molecule has 0 saturated heterocycles. The zero-order valence-electron chi connectivity index (χ0n) is 10.1. The second-order valence-corrected chi connectivity index (χ2v) is 4.90. The predicted octanol–water partition coefficient (Wildman–Crippen LogP) is 1.36. The van der Waals surface area contributed by atoms with Crippen LogP contribution in [0.2, 0.25) is 0 Å². The first kappa shape index (κ1) is 12.1. The van der Waals surface area contributed by atoms with Crippen LogP contribution in [0, 0.1) is 11.8 Å². The molecule has 92 valence electrons. The summed E-state index contributed by atoms with van der Waals surface area (Å²) < 4.78 is 0. The van der Waals surface area contributed by atoms with Gasteiger partial charge in [0.15, 0.2) is 0 Å². The molecule has 1 aliphatic carbocycles. The summed E-state index contributed by atoms with van der Waals surface area (Å²) in [5, 5.41) is 12.2. The third-order valence-electron chi connectivity index (χ3n) is 3.34. The maximum atomic E-state index is 11.8. The van der Waals surface area contributed by atoms with Gasteiger partial charge in [0.1, 0.15) is 0 Å². The Kier molecular flexibility index (Phi) is 3.79. The van der Waals surface area contributed by atoms with E-state index in [2.05, 4.69) is 12.2 Å². The van der Waals surface area contributed by atoms with Crippen molar-refractivity contribution < 1.29 is 9.90 Å². The van der Waals surface area contributed by atoms with Gasteiger partial charge in [-0.05, 0) is 24.3 Å². The molecule has 3 nitrogen and oxygen atoms in total. The lowest BCUT2D eigenvalue weighted by Crippen LogP contribution is -2.40. The number of hydrogen-bond acceptors (Lipinski definition) is 2. The fraction of sp³-hybridized carbons (Fsp3) is 0.500. The number of carbonyl (C=O) groups excluding carboxylic acids is 1. The molecule has 2 rings (SSSR count). The lowest BCUT2D eigenvalue weighted by Gasteiger charge is -2.16. The zero-order chi connectivity index (χ0) is 12.3. The van der Waals surface area contributed by atoms with Crippen LogP contribution in [0.5, 0.6) is 0 Å². The Balaban J connectivity index is 1.86. The normalized spacial score (nSPS) is 24.1. The van der Waals surface area contributed by atoms with Crippen molar-refractivity contribution >= 4 is 5.91 Å². The molecule has 0 aromatic heterocycles. The highest BCUT2D eigenvalue weighted by Crippen LogP contribution is 2.37. The summed E-state index contributed by atoms with van der Waals surface area (Å²) in [6, 6.07) is 9.74. The van der Waals surface area contributed by atoms with Crippen LogP contribution >= 0.6 is 0 Å². The van der Waals surface area contributed by atoms with E-state index >= 15 is 0 Å². The Morgan fingerprint density at radius 2 is 2.12 bits per heavy atom. The lowest BCUT2D eigenvalue weighted by atomic mass is 10.1. The van der Waals surface area contributed by atoms with E-state index in [9.17, 15) is 9.90 Å². The van der Waals surface area contributed by atoms with Gasteiger partial charge in [-0.1, -0.05) is 37.3 Å². The fourth-order valence-corrected chi connectivity index (χ4v) is 2.06. The molecule has 1 saturated carbocycles. The standard InChI is InChI=1S/C14H19NO2/c1-10-7-13(10)14(17)15-12(9-16)8-11-5-3-2-4-6-11/h2-6,10,12-13,16H,7-9H2,1H3,(H,15,17)/t10?,12-,13?/m0/s1. The first-order valence-electron chi connectivity index (χ1n) is 6.16. The lowest BCUT2D eigenvalue weighted by molar-refractivity contribution is -0.123. The second kappa shape index (κ2) is 5.32. The molecule has 1 aromatic rings. The smallest absolute Gasteiger partial charge is 0.223 e. The average Bonchev–Trinajstić information content (AvgIpc) is 3.07. The van der Waals surface area contributed by atoms with E-state index in [1.165, 1.54) is 0 Å². The van der Waals surface area contributed by atoms with E-state index in [1.54, 1.807) is 0 Å². The summed E-state index contributed by atoms with van der Waals surface area (Å²) in [6.07, 6.45) is 1.67. The minimum absolute atomic E-state index is 0.0122. The Hall–Kier alpha value is -1.35. The van der Waals surface area contributed by atoms with Crippen LogP contribution in [0.4, 0.5) is 0 Å². The summed E-state index contributed by atoms with van der Waals surface area (Å²) in [4.78, 5) is 11.8. The summed E-state index contributed by atoms with van der Waals surface area (Å²) >= 11 is 0. The van der Waals surface area contributed by atoms with Crippen LogP contribution in [0.15, 0.2) is 30.3 Å². The Labute approximate surface area is 102 Å². The Morgan fingerprint density at radius 3 is 2.65 bits per heavy atom. The highest BCUT2D eigenvalue weighted by molar-refractivity contribution is 5.81. The van der Waals surface area contributed by atoms with Crippen LogP contribution in [0.25, 0.3) is 0 Å². The zero-order valence-corrected chi connectivity index (χ0v) is 10.1. The molecule has 1 fully saturated rings. The number of amides is 1. The van der Waals surface area contributed by atoms with Crippen molar-refractivity contribution in [1.29, 1.82) is 0 Å². The van der Waals surface area contributed by atoms with Crippen molar-refractivity contribution in [2.24, 2.45) is 11.8 Å². The van der Waals surface area contributed by atoms with Gasteiger partial charge < -0.3 is 10.4 Å². The molecule has 1 aromatic carbocycles. The van der Waals surface area contributed by atoms with Crippen LogP contribution in [0.3, 0.4) is 0 Å². The molecule has 17 heavy (non-hydrogen) atoms. The third-order valence-corrected chi connectivity index (χ3v) is 3.34. The number of hydrogen-bond donors (Lipinski definition) is 2. The molecule has 0 aliphatic heterocycles. The highest BCUT2D eigenvalue weighted by atomic mass is 16.3. The van der Waals surface area contributed by atoms with Gasteiger partial charge in [0.25, 0.3) is 0 Å². The Morgan fingerprint density at radius 1 is 1.47 bits per heavy atom. The van der Waals surface area contributed by atoms with E-state index in [-0.39, 0.29) is 24.5 Å². The number of nitrogens with one attached hydrogen (secondary N) is 1. The molecule has 1 aliphatic rings. The maximum Gasteiger partial charge on any atom is 0.223 e.